The van der Waals surface area contributed by atoms with E-state index in [1.807, 2.05) is 42.5 Å². The molecule has 0 unspecified atom stereocenters. The fourth-order valence-corrected chi connectivity index (χ4v) is 3.00. The number of H-pyrrole nitrogens is 1. The number of aromatic nitrogens is 2. The third kappa shape index (κ3) is 4.02. The Kier molecular flexibility index (Phi) is 5.28. The van der Waals surface area contributed by atoms with Gasteiger partial charge >= 0.3 is 0 Å². The van der Waals surface area contributed by atoms with Crippen molar-refractivity contribution in [3.8, 4) is 0 Å². The number of aryl methyl sites for hydroxylation is 1. The van der Waals surface area contributed by atoms with Crippen LogP contribution >= 0.6 is 11.8 Å². The van der Waals surface area contributed by atoms with Crippen LogP contribution in [0.3, 0.4) is 0 Å². The van der Waals surface area contributed by atoms with Crippen molar-refractivity contribution in [2.75, 3.05) is 5.75 Å². The third-order valence-electron chi connectivity index (χ3n) is 3.54. The van der Waals surface area contributed by atoms with E-state index in [2.05, 4.69) is 33.5 Å². The smallest absolute Gasteiger partial charge is 0.250 e. The standard InChI is InChI=1S/C18H18N4OS/c1-2-13-7-3-4-8-14(13)11-19-22-17(23)12-24-18-20-15-9-5-6-10-16(15)21-18/h3-11H,2,12H2,1H3,(H,20,21)(H,22,23). The number of amides is 1. The van der Waals surface area contributed by atoms with Gasteiger partial charge in [-0.05, 0) is 29.7 Å². The summed E-state index contributed by atoms with van der Waals surface area (Å²) >= 11 is 1.36. The summed E-state index contributed by atoms with van der Waals surface area (Å²) in [5, 5.41) is 4.77. The van der Waals surface area contributed by atoms with E-state index < -0.39 is 0 Å². The van der Waals surface area contributed by atoms with Crippen LogP contribution in [0.2, 0.25) is 0 Å². The lowest BCUT2D eigenvalue weighted by Gasteiger charge is -2.02. The molecule has 2 N–H and O–H groups in total. The summed E-state index contributed by atoms with van der Waals surface area (Å²) in [6.45, 7) is 2.09. The normalized spacial score (nSPS) is 11.2. The minimum atomic E-state index is -0.161. The molecule has 0 radical (unpaired) electrons. The summed E-state index contributed by atoms with van der Waals surface area (Å²) in [6.07, 6.45) is 2.61. The van der Waals surface area contributed by atoms with Crippen LogP contribution in [0.5, 0.6) is 0 Å². The number of carbonyl (C=O) groups is 1. The Bertz CT molecular complexity index is 839. The van der Waals surface area contributed by atoms with Crippen LogP contribution in [0, 0.1) is 0 Å². The van der Waals surface area contributed by atoms with Gasteiger partial charge in [0.15, 0.2) is 5.16 Å². The molecule has 1 aromatic heterocycles. The van der Waals surface area contributed by atoms with Gasteiger partial charge in [-0.1, -0.05) is 55.1 Å². The molecule has 0 aliphatic carbocycles. The first-order valence-electron chi connectivity index (χ1n) is 7.73. The number of rotatable bonds is 6. The number of hydrazone groups is 1. The third-order valence-corrected chi connectivity index (χ3v) is 4.41. The fourth-order valence-electron chi connectivity index (χ4n) is 2.32. The minimum Gasteiger partial charge on any atom is -0.333 e. The maximum atomic E-state index is 11.9. The van der Waals surface area contributed by atoms with Crippen molar-refractivity contribution in [1.82, 2.24) is 15.4 Å². The van der Waals surface area contributed by atoms with Crippen LogP contribution < -0.4 is 5.43 Å². The number of nitrogens with one attached hydrogen (secondary N) is 2. The lowest BCUT2D eigenvalue weighted by Crippen LogP contribution is -2.19. The van der Waals surface area contributed by atoms with E-state index >= 15 is 0 Å². The first-order chi connectivity index (χ1) is 11.8. The molecule has 24 heavy (non-hydrogen) atoms. The maximum absolute atomic E-state index is 11.9. The van der Waals surface area contributed by atoms with Gasteiger partial charge in [0.1, 0.15) is 0 Å². The van der Waals surface area contributed by atoms with Crippen molar-refractivity contribution in [3.05, 3.63) is 59.7 Å². The van der Waals surface area contributed by atoms with Crippen molar-refractivity contribution in [2.24, 2.45) is 5.10 Å². The van der Waals surface area contributed by atoms with Gasteiger partial charge in [-0.2, -0.15) is 5.10 Å². The number of hydrogen-bond acceptors (Lipinski definition) is 4. The van der Waals surface area contributed by atoms with E-state index in [9.17, 15) is 4.79 Å². The molecule has 0 atom stereocenters. The molecule has 3 rings (SSSR count). The van der Waals surface area contributed by atoms with Crippen molar-refractivity contribution in [2.45, 2.75) is 18.5 Å². The lowest BCUT2D eigenvalue weighted by atomic mass is 10.1. The molecule has 0 fully saturated rings. The summed E-state index contributed by atoms with van der Waals surface area (Å²) in [7, 11) is 0. The van der Waals surface area contributed by atoms with E-state index in [1.165, 1.54) is 17.3 Å². The Hall–Kier alpha value is -2.60. The molecule has 1 heterocycles. The van der Waals surface area contributed by atoms with Crippen LogP contribution in [0.15, 0.2) is 58.8 Å². The number of imidazole rings is 1. The SMILES string of the molecule is CCc1ccccc1C=NNC(=O)CSc1nc2ccccc2[nH]1. The minimum absolute atomic E-state index is 0.161. The summed E-state index contributed by atoms with van der Waals surface area (Å²) in [4.78, 5) is 19.5. The largest absolute Gasteiger partial charge is 0.333 e. The molecule has 3 aromatic rings. The first kappa shape index (κ1) is 16.3. The Labute approximate surface area is 144 Å². The van der Waals surface area contributed by atoms with Crippen molar-refractivity contribution in [3.63, 3.8) is 0 Å². The zero-order valence-corrected chi connectivity index (χ0v) is 14.1. The molecule has 6 heteroatoms. The van der Waals surface area contributed by atoms with Crippen LogP contribution in [-0.2, 0) is 11.2 Å². The Morgan fingerprint density at radius 2 is 2.04 bits per heavy atom. The monoisotopic (exact) mass is 338 g/mol. The van der Waals surface area contributed by atoms with E-state index in [0.29, 0.717) is 0 Å². The highest BCUT2D eigenvalue weighted by molar-refractivity contribution is 7.99. The average molecular weight is 338 g/mol. The molecule has 1 amide bonds. The number of aromatic amines is 1. The molecule has 0 saturated heterocycles. The van der Waals surface area contributed by atoms with Gasteiger partial charge in [-0.3, -0.25) is 4.79 Å². The highest BCUT2D eigenvalue weighted by Gasteiger charge is 2.06. The van der Waals surface area contributed by atoms with Crippen LogP contribution in [0.25, 0.3) is 11.0 Å². The van der Waals surface area contributed by atoms with Gasteiger partial charge in [0.25, 0.3) is 5.91 Å². The number of carbonyl (C=O) groups excluding carboxylic acids is 1. The van der Waals surface area contributed by atoms with E-state index in [0.717, 1.165) is 28.2 Å². The van der Waals surface area contributed by atoms with Crippen LogP contribution in [0.4, 0.5) is 0 Å². The number of nitrogens with zero attached hydrogens (tertiary/aromatic N) is 2. The summed E-state index contributed by atoms with van der Waals surface area (Å²) in [6, 6.07) is 15.8. The number of hydrogen-bond donors (Lipinski definition) is 2. The van der Waals surface area contributed by atoms with Gasteiger partial charge in [0.2, 0.25) is 0 Å². The second-order valence-electron chi connectivity index (χ2n) is 5.19. The van der Waals surface area contributed by atoms with Gasteiger partial charge in [-0.25, -0.2) is 10.4 Å². The molecule has 2 aromatic carbocycles. The second kappa shape index (κ2) is 7.79. The number of fused-ring (bicyclic) bond motifs is 1. The predicted molar refractivity (Wildman–Crippen MR) is 98.4 cm³/mol. The molecule has 5 nitrogen and oxygen atoms in total. The molecular formula is C18H18N4OS. The van der Waals surface area contributed by atoms with E-state index in [4.69, 9.17) is 0 Å². The molecule has 0 saturated carbocycles. The quantitative estimate of drug-likeness (QED) is 0.411. The van der Waals surface area contributed by atoms with E-state index in [1.54, 1.807) is 6.21 Å². The van der Waals surface area contributed by atoms with Gasteiger partial charge < -0.3 is 4.98 Å². The van der Waals surface area contributed by atoms with Gasteiger partial charge in [0.05, 0.1) is 23.0 Å². The molecule has 0 spiro atoms. The summed E-state index contributed by atoms with van der Waals surface area (Å²) in [5.41, 5.74) is 6.64. The van der Waals surface area contributed by atoms with Crippen LogP contribution in [0.1, 0.15) is 18.1 Å². The topological polar surface area (TPSA) is 70.1 Å². The second-order valence-corrected chi connectivity index (χ2v) is 6.16. The zero-order chi connectivity index (χ0) is 16.8. The number of benzene rings is 2. The summed E-state index contributed by atoms with van der Waals surface area (Å²) in [5.74, 6) is 0.0951. The van der Waals surface area contributed by atoms with Gasteiger partial charge in [-0.15, -0.1) is 0 Å². The fraction of sp³-hybridized carbons (Fsp3) is 0.167. The van der Waals surface area contributed by atoms with Crippen LogP contribution in [-0.4, -0.2) is 27.8 Å². The molecule has 0 aliphatic rings. The Balaban J connectivity index is 1.53. The number of para-hydroxylation sites is 2. The lowest BCUT2D eigenvalue weighted by molar-refractivity contribution is -0.118. The Morgan fingerprint density at radius 1 is 1.25 bits per heavy atom. The number of thioether (sulfide) groups is 1. The molecular weight excluding hydrogens is 320 g/mol. The van der Waals surface area contributed by atoms with Crippen molar-refractivity contribution < 1.29 is 4.79 Å². The Morgan fingerprint density at radius 3 is 2.88 bits per heavy atom. The molecule has 122 valence electrons. The first-order valence-corrected chi connectivity index (χ1v) is 8.72. The van der Waals surface area contributed by atoms with Crippen molar-refractivity contribution >= 4 is 34.9 Å². The average Bonchev–Trinajstić information content (AvgIpc) is 3.03. The molecule has 0 bridgehead atoms. The van der Waals surface area contributed by atoms with Crippen molar-refractivity contribution in [1.29, 1.82) is 0 Å². The summed E-state index contributed by atoms with van der Waals surface area (Å²) < 4.78 is 0. The zero-order valence-electron chi connectivity index (χ0n) is 13.3. The van der Waals surface area contributed by atoms with E-state index in [-0.39, 0.29) is 11.7 Å². The van der Waals surface area contributed by atoms with Gasteiger partial charge in [0, 0.05) is 0 Å². The molecule has 0 aliphatic heterocycles. The predicted octanol–water partition coefficient (Wildman–Crippen LogP) is 3.37. The highest BCUT2D eigenvalue weighted by atomic mass is 32.2. The maximum Gasteiger partial charge on any atom is 0.250 e. The highest BCUT2D eigenvalue weighted by Crippen LogP contribution is 2.18.